The van der Waals surface area contributed by atoms with Crippen molar-refractivity contribution in [2.45, 2.75) is 58.8 Å². The van der Waals surface area contributed by atoms with Crippen LogP contribution in [0.4, 0.5) is 4.79 Å². The number of hydrogen-bond acceptors (Lipinski definition) is 5. The molecule has 0 saturated carbocycles. The molecule has 7 heteroatoms. The van der Waals surface area contributed by atoms with Crippen LogP contribution >= 0.6 is 0 Å². The maximum atomic E-state index is 13.1. The SMILES string of the molecule is CC(C)(C)C(N)C(=O)N1CCC(N(Cc2ccccn2)C(=O)OCc2ccccc2)CC1. The van der Waals surface area contributed by atoms with Gasteiger partial charge in [0.1, 0.15) is 6.61 Å². The third-order valence-electron chi connectivity index (χ3n) is 5.91. The number of carbonyl (C=O) groups is 2. The molecular formula is C25H34N4O3. The number of benzene rings is 1. The van der Waals surface area contributed by atoms with Crippen molar-refractivity contribution in [1.82, 2.24) is 14.8 Å². The Hall–Kier alpha value is -2.93. The molecule has 1 fully saturated rings. The Morgan fingerprint density at radius 3 is 2.38 bits per heavy atom. The Labute approximate surface area is 190 Å². The molecule has 3 rings (SSSR count). The zero-order valence-electron chi connectivity index (χ0n) is 19.2. The highest BCUT2D eigenvalue weighted by atomic mass is 16.6. The number of likely N-dealkylation sites (tertiary alicyclic amines) is 1. The number of nitrogens with two attached hydrogens (primary N) is 1. The third-order valence-corrected chi connectivity index (χ3v) is 5.91. The number of ether oxygens (including phenoxy) is 1. The van der Waals surface area contributed by atoms with E-state index in [1.165, 1.54) is 0 Å². The quantitative estimate of drug-likeness (QED) is 0.745. The van der Waals surface area contributed by atoms with E-state index in [0.717, 1.165) is 11.3 Å². The maximum Gasteiger partial charge on any atom is 0.410 e. The molecule has 0 radical (unpaired) electrons. The van der Waals surface area contributed by atoms with Crippen molar-refractivity contribution in [3.05, 3.63) is 66.0 Å². The van der Waals surface area contributed by atoms with E-state index >= 15 is 0 Å². The van der Waals surface area contributed by atoms with Crippen LogP contribution in [0.2, 0.25) is 0 Å². The van der Waals surface area contributed by atoms with Gasteiger partial charge < -0.3 is 15.4 Å². The number of piperidine rings is 1. The molecule has 0 aliphatic carbocycles. The standard InChI is InChI=1S/C25H34N4O3/c1-25(2,3)22(26)23(30)28-15-12-21(13-16-28)29(17-20-11-7-8-14-27-20)24(31)32-18-19-9-5-4-6-10-19/h4-11,14,21-22H,12-13,15-18,26H2,1-3H3. The van der Waals surface area contributed by atoms with Crippen molar-refractivity contribution < 1.29 is 14.3 Å². The highest BCUT2D eigenvalue weighted by molar-refractivity contribution is 5.82. The molecule has 1 atom stereocenters. The molecule has 32 heavy (non-hydrogen) atoms. The fraction of sp³-hybridized carbons (Fsp3) is 0.480. The van der Waals surface area contributed by atoms with Crippen molar-refractivity contribution in [2.24, 2.45) is 11.1 Å². The second-order valence-electron chi connectivity index (χ2n) is 9.39. The van der Waals surface area contributed by atoms with Gasteiger partial charge in [0, 0.05) is 25.3 Å². The summed E-state index contributed by atoms with van der Waals surface area (Å²) in [7, 11) is 0. The van der Waals surface area contributed by atoms with Gasteiger partial charge in [0.15, 0.2) is 0 Å². The van der Waals surface area contributed by atoms with Gasteiger partial charge in [-0.2, -0.15) is 0 Å². The zero-order valence-corrected chi connectivity index (χ0v) is 19.2. The molecule has 0 spiro atoms. The van der Waals surface area contributed by atoms with Gasteiger partial charge >= 0.3 is 6.09 Å². The van der Waals surface area contributed by atoms with Crippen molar-refractivity contribution >= 4 is 12.0 Å². The Kier molecular flexibility index (Phi) is 7.85. The fourth-order valence-corrected chi connectivity index (χ4v) is 3.78. The summed E-state index contributed by atoms with van der Waals surface area (Å²) in [5, 5.41) is 0. The Morgan fingerprint density at radius 2 is 1.78 bits per heavy atom. The van der Waals surface area contributed by atoms with Gasteiger partial charge in [0.05, 0.1) is 18.3 Å². The van der Waals surface area contributed by atoms with E-state index in [1.54, 1.807) is 11.1 Å². The van der Waals surface area contributed by atoms with Gasteiger partial charge in [-0.15, -0.1) is 0 Å². The largest absolute Gasteiger partial charge is 0.445 e. The van der Waals surface area contributed by atoms with Crippen LogP contribution in [0.5, 0.6) is 0 Å². The molecule has 2 N–H and O–H groups in total. The summed E-state index contributed by atoms with van der Waals surface area (Å²) in [5.41, 5.74) is 7.63. The van der Waals surface area contributed by atoms with Crippen molar-refractivity contribution in [3.8, 4) is 0 Å². The number of hydrogen-bond donors (Lipinski definition) is 1. The fourth-order valence-electron chi connectivity index (χ4n) is 3.78. The van der Waals surface area contributed by atoms with Crippen LogP contribution < -0.4 is 5.73 Å². The maximum absolute atomic E-state index is 13.1. The summed E-state index contributed by atoms with van der Waals surface area (Å²) in [6.07, 6.45) is 2.71. The lowest BCUT2D eigenvalue weighted by Gasteiger charge is -2.40. The van der Waals surface area contributed by atoms with E-state index in [0.29, 0.717) is 32.5 Å². The minimum atomic E-state index is -0.542. The average molecular weight is 439 g/mol. The molecule has 2 amide bonds. The normalized spacial score (nSPS) is 15.8. The van der Waals surface area contributed by atoms with E-state index in [2.05, 4.69) is 4.98 Å². The van der Waals surface area contributed by atoms with Gasteiger partial charge in [-0.3, -0.25) is 14.7 Å². The van der Waals surface area contributed by atoms with E-state index in [1.807, 2.05) is 74.2 Å². The monoisotopic (exact) mass is 438 g/mol. The summed E-state index contributed by atoms with van der Waals surface area (Å²) in [4.78, 5) is 33.8. The van der Waals surface area contributed by atoms with Crippen LogP contribution in [0.1, 0.15) is 44.9 Å². The second kappa shape index (κ2) is 10.6. The number of aromatic nitrogens is 1. The highest BCUT2D eigenvalue weighted by Gasteiger charge is 2.35. The predicted octanol–water partition coefficient (Wildman–Crippen LogP) is 3.58. The second-order valence-corrected chi connectivity index (χ2v) is 9.39. The lowest BCUT2D eigenvalue weighted by Crippen LogP contribution is -2.54. The van der Waals surface area contributed by atoms with Crippen LogP contribution in [-0.4, -0.2) is 52.0 Å². The third kappa shape index (κ3) is 6.29. The lowest BCUT2D eigenvalue weighted by molar-refractivity contribution is -0.136. The molecule has 2 aromatic rings. The van der Waals surface area contributed by atoms with Gasteiger partial charge in [-0.05, 0) is 36.0 Å². The molecule has 2 heterocycles. The van der Waals surface area contributed by atoms with E-state index in [-0.39, 0.29) is 30.1 Å². The summed E-state index contributed by atoms with van der Waals surface area (Å²) in [6.45, 7) is 7.64. The molecule has 0 bridgehead atoms. The van der Waals surface area contributed by atoms with Gasteiger partial charge in [-0.1, -0.05) is 57.2 Å². The molecule has 1 aromatic carbocycles. The van der Waals surface area contributed by atoms with E-state index < -0.39 is 6.04 Å². The van der Waals surface area contributed by atoms with Crippen molar-refractivity contribution in [1.29, 1.82) is 0 Å². The Balaban J connectivity index is 1.66. The molecule has 1 aliphatic heterocycles. The summed E-state index contributed by atoms with van der Waals surface area (Å²) in [6, 6.07) is 14.7. The molecule has 7 nitrogen and oxygen atoms in total. The molecule has 1 aliphatic rings. The minimum Gasteiger partial charge on any atom is -0.445 e. The number of nitrogens with zero attached hydrogens (tertiary/aromatic N) is 3. The highest BCUT2D eigenvalue weighted by Crippen LogP contribution is 2.24. The van der Waals surface area contributed by atoms with Crippen LogP contribution in [-0.2, 0) is 22.7 Å². The predicted molar refractivity (Wildman–Crippen MR) is 123 cm³/mol. The number of pyridine rings is 1. The summed E-state index contributed by atoms with van der Waals surface area (Å²) >= 11 is 0. The smallest absolute Gasteiger partial charge is 0.410 e. The minimum absolute atomic E-state index is 0.0288. The first-order chi connectivity index (χ1) is 15.3. The van der Waals surface area contributed by atoms with Crippen molar-refractivity contribution in [3.63, 3.8) is 0 Å². The van der Waals surface area contributed by atoms with Gasteiger partial charge in [-0.25, -0.2) is 4.79 Å². The number of carbonyl (C=O) groups excluding carboxylic acids is 2. The first-order valence-electron chi connectivity index (χ1n) is 11.2. The van der Waals surface area contributed by atoms with Crippen molar-refractivity contribution in [2.75, 3.05) is 13.1 Å². The summed E-state index contributed by atoms with van der Waals surface area (Å²) in [5.74, 6) is -0.0288. The summed E-state index contributed by atoms with van der Waals surface area (Å²) < 4.78 is 5.63. The Bertz CT molecular complexity index is 875. The topological polar surface area (TPSA) is 88.8 Å². The van der Waals surface area contributed by atoms with Gasteiger partial charge in [0.2, 0.25) is 5.91 Å². The number of amides is 2. The molecular weight excluding hydrogens is 404 g/mol. The molecule has 1 unspecified atom stereocenters. The molecule has 172 valence electrons. The van der Waals surface area contributed by atoms with Gasteiger partial charge in [0.25, 0.3) is 0 Å². The molecule has 1 aromatic heterocycles. The number of rotatable bonds is 6. The van der Waals surface area contributed by atoms with Crippen LogP contribution in [0.25, 0.3) is 0 Å². The van der Waals surface area contributed by atoms with E-state index in [4.69, 9.17) is 10.5 Å². The van der Waals surface area contributed by atoms with Crippen LogP contribution in [0, 0.1) is 5.41 Å². The molecule has 1 saturated heterocycles. The zero-order chi connectivity index (χ0) is 23.1. The first kappa shape index (κ1) is 23.7. The first-order valence-corrected chi connectivity index (χ1v) is 11.2. The van der Waals surface area contributed by atoms with Crippen LogP contribution in [0.3, 0.4) is 0 Å². The average Bonchev–Trinajstić information content (AvgIpc) is 2.81. The van der Waals surface area contributed by atoms with E-state index in [9.17, 15) is 9.59 Å². The lowest BCUT2D eigenvalue weighted by atomic mass is 9.86. The Morgan fingerprint density at radius 1 is 1.12 bits per heavy atom. The van der Waals surface area contributed by atoms with Crippen LogP contribution in [0.15, 0.2) is 54.7 Å².